The van der Waals surface area contributed by atoms with Crippen LogP contribution in [0.5, 0.6) is 11.5 Å². The van der Waals surface area contributed by atoms with Crippen molar-refractivity contribution in [3.05, 3.63) is 101 Å². The minimum atomic E-state index is -4.35. The third-order valence-electron chi connectivity index (χ3n) is 6.94. The van der Waals surface area contributed by atoms with Gasteiger partial charge in [0.1, 0.15) is 23.5 Å². The second-order valence-corrected chi connectivity index (χ2v) is 10.4. The Morgan fingerprint density at radius 2 is 1.64 bits per heavy atom. The lowest BCUT2D eigenvalue weighted by molar-refractivity contribution is -0.137. The molecule has 0 aromatic heterocycles. The zero-order valence-corrected chi connectivity index (χ0v) is 26.4. The van der Waals surface area contributed by atoms with E-state index in [0.29, 0.717) is 37.1 Å². The van der Waals surface area contributed by atoms with Crippen molar-refractivity contribution in [2.45, 2.75) is 58.4 Å². The number of aryl methyl sites for hydroxylation is 1. The SMILES string of the molecule is C#C.CC(CN(C)Cc1cccc(C(F)(F)F)c1)N1C=C(O)C[C@H]1C=O.CCc1c(O)cccc1O.CNc1ccccc1C. The molecule has 0 radical (unpaired) electrons. The van der Waals surface area contributed by atoms with Crippen LogP contribution in [0.2, 0.25) is 0 Å². The van der Waals surface area contributed by atoms with Gasteiger partial charge in [0.25, 0.3) is 0 Å². The van der Waals surface area contributed by atoms with E-state index in [2.05, 4.69) is 37.2 Å². The first kappa shape index (κ1) is 38.4. The number of aliphatic hydroxyl groups excluding tert-OH is 1. The van der Waals surface area contributed by atoms with E-state index in [1.54, 1.807) is 35.4 Å². The first-order valence-electron chi connectivity index (χ1n) is 14.3. The summed E-state index contributed by atoms with van der Waals surface area (Å²) in [6.07, 6.45) is 6.95. The Balaban J connectivity index is 0.000000394. The first-order valence-corrected chi connectivity index (χ1v) is 14.3. The van der Waals surface area contributed by atoms with E-state index in [1.165, 1.54) is 17.3 Å². The van der Waals surface area contributed by atoms with Crippen molar-refractivity contribution in [1.82, 2.24) is 9.80 Å². The second kappa shape index (κ2) is 18.9. The maximum atomic E-state index is 12.8. The molecule has 0 amide bonds. The van der Waals surface area contributed by atoms with Crippen LogP contribution in [0.1, 0.15) is 42.5 Å². The number of hydrogen-bond acceptors (Lipinski definition) is 7. The fourth-order valence-electron chi connectivity index (χ4n) is 4.76. The molecule has 7 nitrogen and oxygen atoms in total. The fourth-order valence-corrected chi connectivity index (χ4v) is 4.76. The molecule has 244 valence electrons. The van der Waals surface area contributed by atoms with E-state index in [0.717, 1.165) is 18.4 Å². The van der Waals surface area contributed by atoms with E-state index in [1.807, 2.05) is 45.0 Å². The fraction of sp³-hybridized carbons (Fsp3) is 0.343. The smallest absolute Gasteiger partial charge is 0.416 e. The molecule has 4 rings (SSSR count). The molecule has 0 fully saturated rings. The van der Waals surface area contributed by atoms with Gasteiger partial charge in [-0.1, -0.05) is 49.4 Å². The number of nitrogens with zero attached hydrogens (tertiary/aromatic N) is 2. The molecule has 1 aliphatic heterocycles. The Morgan fingerprint density at radius 1 is 1.04 bits per heavy atom. The number of nitrogens with one attached hydrogen (secondary N) is 1. The molecule has 0 aliphatic carbocycles. The molecule has 1 aliphatic rings. The normalized spacial score (nSPS) is 14.4. The topological polar surface area (TPSA) is 96.3 Å². The summed E-state index contributed by atoms with van der Waals surface area (Å²) in [6, 6.07) is 17.8. The van der Waals surface area contributed by atoms with Crippen LogP contribution < -0.4 is 5.32 Å². The van der Waals surface area contributed by atoms with Gasteiger partial charge in [-0.3, -0.25) is 0 Å². The molecule has 3 aromatic carbocycles. The number of halogens is 3. The zero-order chi connectivity index (χ0) is 34.2. The minimum Gasteiger partial charge on any atom is -0.511 e. The number of rotatable bonds is 8. The predicted octanol–water partition coefficient (Wildman–Crippen LogP) is 7.14. The van der Waals surface area contributed by atoms with Gasteiger partial charge in [0.2, 0.25) is 0 Å². The lowest BCUT2D eigenvalue weighted by Crippen LogP contribution is -2.42. The molecule has 45 heavy (non-hydrogen) atoms. The van der Waals surface area contributed by atoms with Crippen LogP contribution in [0.3, 0.4) is 0 Å². The van der Waals surface area contributed by atoms with Gasteiger partial charge < -0.3 is 35.2 Å². The van der Waals surface area contributed by atoms with Gasteiger partial charge in [-0.15, -0.1) is 12.8 Å². The number of phenolic OH excluding ortho intramolecular Hbond substituents is 2. The summed E-state index contributed by atoms with van der Waals surface area (Å²) in [5, 5.41) is 30.9. The van der Waals surface area contributed by atoms with Gasteiger partial charge in [0.05, 0.1) is 11.6 Å². The van der Waals surface area contributed by atoms with Crippen molar-refractivity contribution in [3.63, 3.8) is 0 Å². The summed E-state index contributed by atoms with van der Waals surface area (Å²) in [6.45, 7) is 6.79. The average molecular weight is 628 g/mol. The van der Waals surface area contributed by atoms with Crippen molar-refractivity contribution >= 4 is 12.0 Å². The molecule has 0 spiro atoms. The summed E-state index contributed by atoms with van der Waals surface area (Å²) >= 11 is 0. The number of carbonyl (C=O) groups excluding carboxylic acids is 1. The van der Waals surface area contributed by atoms with Crippen molar-refractivity contribution in [3.8, 4) is 24.3 Å². The summed E-state index contributed by atoms with van der Waals surface area (Å²) in [4.78, 5) is 14.7. The van der Waals surface area contributed by atoms with Crippen LogP contribution in [0, 0.1) is 19.8 Å². The Kier molecular flexibility index (Phi) is 16.1. The molecular formula is C35H44F3N3O4. The highest BCUT2D eigenvalue weighted by molar-refractivity contribution is 5.59. The van der Waals surface area contributed by atoms with Crippen molar-refractivity contribution < 1.29 is 33.3 Å². The highest BCUT2D eigenvalue weighted by Crippen LogP contribution is 2.30. The number of carbonyl (C=O) groups is 1. The van der Waals surface area contributed by atoms with Crippen molar-refractivity contribution in [2.75, 3.05) is 26.0 Å². The van der Waals surface area contributed by atoms with Crippen LogP contribution in [0.15, 0.2) is 78.7 Å². The molecule has 2 atom stereocenters. The number of phenols is 2. The Morgan fingerprint density at radius 3 is 2.13 bits per heavy atom. The van der Waals surface area contributed by atoms with Gasteiger partial charge in [-0.05, 0) is 62.7 Å². The van der Waals surface area contributed by atoms with E-state index in [9.17, 15) is 23.1 Å². The summed E-state index contributed by atoms with van der Waals surface area (Å²) in [5.41, 5.74) is 3.03. The molecule has 0 bridgehead atoms. The number of alkyl halides is 3. The highest BCUT2D eigenvalue weighted by atomic mass is 19.4. The largest absolute Gasteiger partial charge is 0.511 e. The molecule has 10 heteroatoms. The Bertz CT molecular complexity index is 1370. The van der Waals surface area contributed by atoms with Crippen LogP contribution in [-0.4, -0.2) is 64.1 Å². The number of hydrogen-bond donors (Lipinski definition) is 4. The van der Waals surface area contributed by atoms with Crippen LogP contribution in [0.25, 0.3) is 0 Å². The summed E-state index contributed by atoms with van der Waals surface area (Å²) in [5.74, 6) is 0.504. The van der Waals surface area contributed by atoms with Gasteiger partial charge in [-0.2, -0.15) is 13.2 Å². The number of aliphatic hydroxyl groups is 1. The minimum absolute atomic E-state index is 0.0550. The standard InChI is InChI=1S/C17H21F3N2O2.C8H11N.C8H10O2.C2H2/c1-12(22-10-16(24)7-15(22)11-23)8-21(2)9-13-4-3-5-14(6-13)17(18,19)20;1-7-5-3-4-6-8(7)9-2;1-2-6-7(9)4-3-5-8(6)10;1-2/h3-6,10-12,15,24H,7-9H2,1-2H3;3-6,9H,1-2H3;3-5,9-10H,2H2,1H3;1-2H/t12?,15-;;;/m0.../s1. The van der Waals surface area contributed by atoms with Crippen LogP contribution in [0.4, 0.5) is 18.9 Å². The zero-order valence-electron chi connectivity index (χ0n) is 26.4. The maximum Gasteiger partial charge on any atom is 0.416 e. The Hall–Kier alpha value is -4.62. The predicted molar refractivity (Wildman–Crippen MR) is 174 cm³/mol. The molecule has 4 N–H and O–H groups in total. The van der Waals surface area contributed by atoms with E-state index in [-0.39, 0.29) is 29.3 Å². The monoisotopic (exact) mass is 627 g/mol. The molecule has 3 aromatic rings. The molecule has 1 heterocycles. The second-order valence-electron chi connectivity index (χ2n) is 10.4. The lowest BCUT2D eigenvalue weighted by atomic mass is 10.1. The molecule has 1 unspecified atom stereocenters. The highest BCUT2D eigenvalue weighted by Gasteiger charge is 2.31. The third kappa shape index (κ3) is 12.5. The summed E-state index contributed by atoms with van der Waals surface area (Å²) in [7, 11) is 3.74. The Labute approximate surface area is 264 Å². The molecule has 0 saturated carbocycles. The number of para-hydroxylation sites is 1. The molecule has 0 saturated heterocycles. The van der Waals surface area contributed by atoms with Gasteiger partial charge in [0, 0.05) is 50.1 Å². The molecular weight excluding hydrogens is 583 g/mol. The number of aromatic hydroxyl groups is 2. The quantitative estimate of drug-likeness (QED) is 0.156. The van der Waals surface area contributed by atoms with Crippen molar-refractivity contribution in [1.29, 1.82) is 0 Å². The van der Waals surface area contributed by atoms with Crippen LogP contribution in [-0.2, 0) is 23.9 Å². The maximum absolute atomic E-state index is 12.8. The first-order chi connectivity index (χ1) is 21.3. The average Bonchev–Trinajstić information content (AvgIpc) is 3.40. The number of benzene rings is 3. The van der Waals surface area contributed by atoms with Crippen molar-refractivity contribution in [2.24, 2.45) is 0 Å². The van der Waals surface area contributed by atoms with Gasteiger partial charge in [0.15, 0.2) is 0 Å². The van der Waals surface area contributed by atoms with E-state index >= 15 is 0 Å². The van der Waals surface area contributed by atoms with Gasteiger partial charge >= 0.3 is 6.18 Å². The van der Waals surface area contributed by atoms with E-state index < -0.39 is 11.7 Å². The number of terminal acetylenes is 1. The summed E-state index contributed by atoms with van der Waals surface area (Å²) < 4.78 is 38.3. The third-order valence-corrected chi connectivity index (χ3v) is 6.94. The van der Waals surface area contributed by atoms with Crippen LogP contribution >= 0.6 is 0 Å². The number of likely N-dealkylation sites (N-methyl/N-ethyl adjacent to an activating group) is 1. The van der Waals surface area contributed by atoms with E-state index in [4.69, 9.17) is 10.2 Å². The number of aldehydes is 1. The van der Waals surface area contributed by atoms with Gasteiger partial charge in [-0.25, -0.2) is 0 Å². The lowest BCUT2D eigenvalue weighted by Gasteiger charge is -2.31. The number of anilines is 1.